The van der Waals surface area contributed by atoms with Crippen LogP contribution in [0.3, 0.4) is 0 Å². The lowest BCUT2D eigenvalue weighted by Gasteiger charge is -2.19. The number of thioether (sulfide) groups is 1. The topological polar surface area (TPSA) is 25.6 Å². The molecule has 0 spiro atoms. The van der Waals surface area contributed by atoms with E-state index in [2.05, 4.69) is 66.1 Å². The lowest BCUT2D eigenvalue weighted by atomic mass is 10.1. The lowest BCUT2D eigenvalue weighted by molar-refractivity contribution is -0.679. The Morgan fingerprint density at radius 3 is 2.94 bits per heavy atom. The van der Waals surface area contributed by atoms with Crippen LogP contribution in [0.2, 0.25) is 0 Å². The van der Waals surface area contributed by atoms with Crippen molar-refractivity contribution in [2.45, 2.75) is 44.0 Å². The molecular formula is C26H27N2O2S+. The van der Waals surface area contributed by atoms with Gasteiger partial charge in [-0.25, -0.2) is 5.06 Å². The Balaban J connectivity index is 1.46. The number of pyridine rings is 1. The van der Waals surface area contributed by atoms with Gasteiger partial charge < -0.3 is 4.74 Å². The predicted molar refractivity (Wildman–Crippen MR) is 125 cm³/mol. The molecule has 3 aliphatic rings. The van der Waals surface area contributed by atoms with E-state index in [1.165, 1.54) is 39.9 Å². The average molecular weight is 432 g/mol. The molecule has 158 valence electrons. The number of rotatable bonds is 5. The van der Waals surface area contributed by atoms with E-state index in [4.69, 9.17) is 9.57 Å². The van der Waals surface area contributed by atoms with Crippen LogP contribution in [-0.2, 0) is 11.3 Å². The Morgan fingerprint density at radius 1 is 1.19 bits per heavy atom. The molecule has 3 aromatic rings. The number of hydrogen-bond donors (Lipinski definition) is 0. The molecule has 2 unspecified atom stereocenters. The summed E-state index contributed by atoms with van der Waals surface area (Å²) in [4.78, 5) is 7.34. The van der Waals surface area contributed by atoms with E-state index in [9.17, 15) is 0 Å². The summed E-state index contributed by atoms with van der Waals surface area (Å²) in [7, 11) is 0. The minimum atomic E-state index is 0.578. The zero-order valence-corrected chi connectivity index (χ0v) is 18.8. The van der Waals surface area contributed by atoms with Crippen LogP contribution in [0.1, 0.15) is 44.0 Å². The second-order valence-corrected chi connectivity index (χ2v) is 9.54. The third kappa shape index (κ3) is 3.22. The average Bonchev–Trinajstić information content (AvgIpc) is 3.30. The van der Waals surface area contributed by atoms with Crippen molar-refractivity contribution in [3.05, 3.63) is 64.8 Å². The molecule has 1 aromatic heterocycles. The molecule has 1 fully saturated rings. The van der Waals surface area contributed by atoms with Crippen LogP contribution in [-0.4, -0.2) is 13.2 Å². The molecule has 0 radical (unpaired) electrons. The van der Waals surface area contributed by atoms with Crippen molar-refractivity contribution < 1.29 is 14.1 Å². The largest absolute Gasteiger partial charge is 0.493 e. The van der Waals surface area contributed by atoms with E-state index < -0.39 is 0 Å². The number of hydrogen-bond acceptors (Lipinski definition) is 4. The highest BCUT2D eigenvalue weighted by atomic mass is 32.2. The number of nitrogens with zero attached hydrogens (tertiary/aromatic N) is 2. The maximum absolute atomic E-state index is 6.10. The van der Waals surface area contributed by atoms with Gasteiger partial charge in [-0.3, -0.25) is 4.84 Å². The molecule has 2 aromatic carbocycles. The summed E-state index contributed by atoms with van der Waals surface area (Å²) in [6.45, 7) is 5.73. The first-order valence-electron chi connectivity index (χ1n) is 11.3. The Labute approximate surface area is 187 Å². The zero-order valence-electron chi connectivity index (χ0n) is 18.0. The molecule has 31 heavy (non-hydrogen) atoms. The summed E-state index contributed by atoms with van der Waals surface area (Å²) in [6, 6.07) is 18.2. The number of para-hydroxylation sites is 1. The molecule has 5 heteroatoms. The quantitative estimate of drug-likeness (QED) is 0.470. The van der Waals surface area contributed by atoms with Gasteiger partial charge in [0.05, 0.1) is 18.9 Å². The minimum absolute atomic E-state index is 0.578. The van der Waals surface area contributed by atoms with E-state index in [1.807, 2.05) is 12.0 Å². The maximum Gasteiger partial charge on any atom is 0.213 e. The van der Waals surface area contributed by atoms with Gasteiger partial charge in [0.15, 0.2) is 6.04 Å². The Kier molecular flexibility index (Phi) is 4.69. The summed E-state index contributed by atoms with van der Waals surface area (Å²) in [6.07, 6.45) is 5.77. The van der Waals surface area contributed by atoms with Crippen molar-refractivity contribution in [2.75, 3.05) is 18.3 Å². The van der Waals surface area contributed by atoms with E-state index in [0.29, 0.717) is 12.6 Å². The molecular weight excluding hydrogens is 404 g/mol. The molecule has 0 saturated heterocycles. The molecule has 6 rings (SSSR count). The monoisotopic (exact) mass is 431 g/mol. The van der Waals surface area contributed by atoms with Crippen LogP contribution < -0.4 is 14.4 Å². The Bertz CT molecular complexity index is 1210. The molecule has 0 amide bonds. The van der Waals surface area contributed by atoms with Crippen LogP contribution in [0.5, 0.6) is 5.75 Å². The Hall–Kier alpha value is -2.50. The highest BCUT2D eigenvalue weighted by Crippen LogP contribution is 2.50. The summed E-state index contributed by atoms with van der Waals surface area (Å²) in [5.41, 5.74) is 4.94. The van der Waals surface area contributed by atoms with E-state index in [0.717, 1.165) is 35.4 Å². The van der Waals surface area contributed by atoms with E-state index in [1.54, 1.807) is 11.8 Å². The lowest BCUT2D eigenvalue weighted by Crippen LogP contribution is -2.38. The predicted octanol–water partition coefficient (Wildman–Crippen LogP) is 5.90. The van der Waals surface area contributed by atoms with Crippen LogP contribution in [0, 0.1) is 5.92 Å². The standard InChI is InChI=1S/C26H27N2O2S/c1-3-17-13-22(17)27-20(10-9-18-7-5-6-8-21(18)27)15-26-28(30-4-2)23-16-24-19(11-12-29-24)14-25(23)31-26/h5-10,14-17,22H,3-4,11-13H2,1-2H3/q+1. The SMILES string of the molecule is CCON1C(=Cc2ccc3ccccc3[n+]2C2CC2CC)Sc2cc3c(cc21)OCC3. The first-order valence-corrected chi connectivity index (χ1v) is 12.1. The fraction of sp³-hybridized carbons (Fsp3) is 0.346. The third-order valence-electron chi connectivity index (χ3n) is 6.58. The van der Waals surface area contributed by atoms with Crippen LogP contribution in [0.25, 0.3) is 17.0 Å². The third-order valence-corrected chi connectivity index (χ3v) is 7.62. The first kappa shape index (κ1) is 19.2. The smallest absolute Gasteiger partial charge is 0.213 e. The van der Waals surface area contributed by atoms with Gasteiger partial charge >= 0.3 is 0 Å². The fourth-order valence-electron chi connectivity index (χ4n) is 4.90. The normalized spacial score (nSPS) is 22.6. The van der Waals surface area contributed by atoms with Gasteiger partial charge in [0, 0.05) is 53.3 Å². The van der Waals surface area contributed by atoms with E-state index >= 15 is 0 Å². The first-order chi connectivity index (χ1) is 15.3. The summed E-state index contributed by atoms with van der Waals surface area (Å²) in [5, 5.41) is 4.40. The number of anilines is 1. The molecule has 2 atom stereocenters. The van der Waals surface area contributed by atoms with Crippen molar-refractivity contribution in [3.63, 3.8) is 0 Å². The molecule has 2 aliphatic heterocycles. The molecule has 0 bridgehead atoms. The molecule has 3 heterocycles. The van der Waals surface area contributed by atoms with Crippen LogP contribution in [0.15, 0.2) is 58.5 Å². The van der Waals surface area contributed by atoms with Crippen molar-refractivity contribution >= 4 is 34.4 Å². The summed E-state index contributed by atoms with van der Waals surface area (Å²) in [5.74, 6) is 1.76. The number of fused-ring (bicyclic) bond motifs is 3. The molecule has 1 saturated carbocycles. The number of benzene rings is 2. The second-order valence-electron chi connectivity index (χ2n) is 8.48. The van der Waals surface area contributed by atoms with Crippen molar-refractivity contribution in [2.24, 2.45) is 5.92 Å². The second kappa shape index (κ2) is 7.57. The van der Waals surface area contributed by atoms with Gasteiger partial charge in [0.2, 0.25) is 11.2 Å². The maximum atomic E-state index is 6.10. The molecule has 4 nitrogen and oxygen atoms in total. The summed E-state index contributed by atoms with van der Waals surface area (Å²) >= 11 is 1.79. The highest BCUT2D eigenvalue weighted by molar-refractivity contribution is 8.03. The minimum Gasteiger partial charge on any atom is -0.493 e. The van der Waals surface area contributed by atoms with Gasteiger partial charge in [-0.2, -0.15) is 4.57 Å². The van der Waals surface area contributed by atoms with Crippen LogP contribution >= 0.6 is 11.8 Å². The van der Waals surface area contributed by atoms with Gasteiger partial charge in [0.25, 0.3) is 0 Å². The van der Waals surface area contributed by atoms with Gasteiger partial charge in [-0.1, -0.05) is 30.8 Å². The van der Waals surface area contributed by atoms with Crippen LogP contribution in [0.4, 0.5) is 5.69 Å². The number of aromatic nitrogens is 1. The fourth-order valence-corrected chi connectivity index (χ4v) is 5.99. The molecule has 0 N–H and O–H groups in total. The van der Waals surface area contributed by atoms with Crippen molar-refractivity contribution in [3.8, 4) is 5.75 Å². The van der Waals surface area contributed by atoms with Gasteiger partial charge in [-0.05, 0) is 37.1 Å². The Morgan fingerprint density at radius 2 is 2.10 bits per heavy atom. The van der Waals surface area contributed by atoms with Crippen molar-refractivity contribution in [1.29, 1.82) is 0 Å². The zero-order chi connectivity index (χ0) is 20.9. The van der Waals surface area contributed by atoms with Gasteiger partial charge in [0.1, 0.15) is 10.8 Å². The van der Waals surface area contributed by atoms with Crippen molar-refractivity contribution in [1.82, 2.24) is 0 Å². The highest BCUT2D eigenvalue weighted by Gasteiger charge is 2.46. The van der Waals surface area contributed by atoms with E-state index in [-0.39, 0.29) is 0 Å². The van der Waals surface area contributed by atoms with Gasteiger partial charge in [-0.15, -0.1) is 0 Å². The number of hydroxylamine groups is 1. The number of ether oxygens (including phenoxy) is 1. The molecule has 1 aliphatic carbocycles. The summed E-state index contributed by atoms with van der Waals surface area (Å²) < 4.78 is 8.37.